The van der Waals surface area contributed by atoms with Gasteiger partial charge in [-0.05, 0) is 18.3 Å². The Balaban J connectivity index is 1.83. The van der Waals surface area contributed by atoms with E-state index in [-0.39, 0.29) is 11.8 Å². The second-order valence-corrected chi connectivity index (χ2v) is 3.68. The molecule has 1 saturated heterocycles. The van der Waals surface area contributed by atoms with E-state index >= 15 is 0 Å². The monoisotopic (exact) mass is 156 g/mol. The molecule has 2 aliphatic rings. The lowest BCUT2D eigenvalue weighted by Gasteiger charge is -2.53. The van der Waals surface area contributed by atoms with Gasteiger partial charge >= 0.3 is 0 Å². The van der Waals surface area contributed by atoms with E-state index in [4.69, 9.17) is 5.21 Å². The molecule has 4 heteroatoms. The van der Waals surface area contributed by atoms with Gasteiger partial charge in [-0.1, -0.05) is 0 Å². The zero-order chi connectivity index (χ0) is 7.90. The molecule has 1 aliphatic heterocycles. The molecule has 0 unspecified atom stereocenters. The van der Waals surface area contributed by atoms with Crippen LogP contribution < -0.4 is 10.8 Å². The summed E-state index contributed by atoms with van der Waals surface area (Å²) in [5.41, 5.74) is 2.11. The fourth-order valence-corrected chi connectivity index (χ4v) is 2.03. The maximum atomic E-state index is 10.8. The van der Waals surface area contributed by atoms with Crippen LogP contribution in [0.4, 0.5) is 0 Å². The van der Waals surface area contributed by atoms with Gasteiger partial charge in [0, 0.05) is 19.0 Å². The molecule has 62 valence electrons. The SMILES string of the molecule is O=C(NO)C1CC2(CNC2)C1. The van der Waals surface area contributed by atoms with E-state index in [1.165, 1.54) is 0 Å². The number of nitrogens with one attached hydrogen (secondary N) is 2. The van der Waals surface area contributed by atoms with E-state index in [1.54, 1.807) is 5.48 Å². The molecule has 11 heavy (non-hydrogen) atoms. The highest BCUT2D eigenvalue weighted by atomic mass is 16.5. The molecule has 0 bridgehead atoms. The van der Waals surface area contributed by atoms with Crippen LogP contribution in [-0.2, 0) is 4.79 Å². The first-order valence-corrected chi connectivity index (χ1v) is 3.90. The van der Waals surface area contributed by atoms with Gasteiger partial charge in [-0.3, -0.25) is 10.0 Å². The number of amides is 1. The highest BCUT2D eigenvalue weighted by Gasteiger charge is 2.50. The topological polar surface area (TPSA) is 61.4 Å². The summed E-state index contributed by atoms with van der Waals surface area (Å²) < 4.78 is 0. The number of rotatable bonds is 1. The van der Waals surface area contributed by atoms with Gasteiger partial charge in [0.25, 0.3) is 0 Å². The zero-order valence-electron chi connectivity index (χ0n) is 6.26. The van der Waals surface area contributed by atoms with Crippen LogP contribution in [0.1, 0.15) is 12.8 Å². The number of hydrogen-bond donors (Lipinski definition) is 3. The molecule has 0 aromatic rings. The lowest BCUT2D eigenvalue weighted by molar-refractivity contribution is -0.143. The summed E-state index contributed by atoms with van der Waals surface area (Å²) >= 11 is 0. The van der Waals surface area contributed by atoms with E-state index in [9.17, 15) is 4.79 Å². The third-order valence-corrected chi connectivity index (χ3v) is 2.84. The van der Waals surface area contributed by atoms with E-state index in [0.717, 1.165) is 25.9 Å². The highest BCUT2D eigenvalue weighted by Crippen LogP contribution is 2.48. The standard InChI is InChI=1S/C7H12N2O2/c10-6(9-11)5-1-7(2-5)3-8-4-7/h5,8,11H,1-4H2,(H,9,10). The van der Waals surface area contributed by atoms with Gasteiger partial charge in [0.2, 0.25) is 5.91 Å². The molecule has 1 aliphatic carbocycles. The second kappa shape index (κ2) is 2.19. The third kappa shape index (κ3) is 0.937. The van der Waals surface area contributed by atoms with Gasteiger partial charge in [0.15, 0.2) is 0 Å². The van der Waals surface area contributed by atoms with Gasteiger partial charge < -0.3 is 5.32 Å². The molecule has 2 fully saturated rings. The van der Waals surface area contributed by atoms with Crippen molar-refractivity contribution in [2.45, 2.75) is 12.8 Å². The van der Waals surface area contributed by atoms with Crippen LogP contribution in [0.5, 0.6) is 0 Å². The first-order valence-electron chi connectivity index (χ1n) is 3.90. The van der Waals surface area contributed by atoms with Crippen LogP contribution in [-0.4, -0.2) is 24.2 Å². The fraction of sp³-hybridized carbons (Fsp3) is 0.857. The molecule has 0 radical (unpaired) electrons. The van der Waals surface area contributed by atoms with E-state index in [2.05, 4.69) is 5.32 Å². The zero-order valence-corrected chi connectivity index (χ0v) is 6.26. The van der Waals surface area contributed by atoms with E-state index in [0.29, 0.717) is 5.41 Å². The molecule has 1 saturated carbocycles. The van der Waals surface area contributed by atoms with Crippen molar-refractivity contribution in [1.29, 1.82) is 0 Å². The lowest BCUT2D eigenvalue weighted by Crippen LogP contribution is -2.62. The Morgan fingerprint density at radius 1 is 1.55 bits per heavy atom. The first-order chi connectivity index (χ1) is 5.26. The summed E-state index contributed by atoms with van der Waals surface area (Å²) in [5.74, 6) is -0.162. The Labute approximate surface area is 64.9 Å². The lowest BCUT2D eigenvalue weighted by atomic mass is 9.58. The number of carbonyl (C=O) groups excluding carboxylic acids is 1. The quantitative estimate of drug-likeness (QED) is 0.354. The number of hydroxylamine groups is 1. The average Bonchev–Trinajstić information content (AvgIpc) is 1.81. The molecule has 0 aromatic heterocycles. The normalized spacial score (nSPS) is 27.4. The molecule has 0 atom stereocenters. The predicted molar refractivity (Wildman–Crippen MR) is 38.0 cm³/mol. The van der Waals surface area contributed by atoms with Crippen LogP contribution in [0.3, 0.4) is 0 Å². The van der Waals surface area contributed by atoms with Crippen molar-refractivity contribution in [1.82, 2.24) is 10.8 Å². The molecule has 4 nitrogen and oxygen atoms in total. The molecule has 1 spiro atoms. The molecule has 0 aromatic carbocycles. The Morgan fingerprint density at radius 3 is 2.55 bits per heavy atom. The van der Waals surface area contributed by atoms with Gasteiger partial charge in [0.05, 0.1) is 0 Å². The molecule has 2 rings (SSSR count). The smallest absolute Gasteiger partial charge is 0.246 e. The van der Waals surface area contributed by atoms with Crippen LogP contribution in [0.2, 0.25) is 0 Å². The summed E-state index contributed by atoms with van der Waals surface area (Å²) in [6.07, 6.45) is 1.87. The Hall–Kier alpha value is -0.610. The second-order valence-electron chi connectivity index (χ2n) is 3.68. The third-order valence-electron chi connectivity index (χ3n) is 2.84. The molecular formula is C7H12N2O2. The van der Waals surface area contributed by atoms with Crippen LogP contribution >= 0.6 is 0 Å². The fourth-order valence-electron chi connectivity index (χ4n) is 2.03. The summed E-state index contributed by atoms with van der Waals surface area (Å²) in [7, 11) is 0. The van der Waals surface area contributed by atoms with E-state index in [1.807, 2.05) is 0 Å². The minimum Gasteiger partial charge on any atom is -0.316 e. The number of carbonyl (C=O) groups is 1. The minimum atomic E-state index is -0.220. The van der Waals surface area contributed by atoms with Crippen LogP contribution in [0.15, 0.2) is 0 Å². The largest absolute Gasteiger partial charge is 0.316 e. The van der Waals surface area contributed by atoms with Crippen molar-refractivity contribution >= 4 is 5.91 Å². The van der Waals surface area contributed by atoms with E-state index < -0.39 is 0 Å². The minimum absolute atomic E-state index is 0.0575. The Morgan fingerprint density at radius 2 is 2.18 bits per heavy atom. The van der Waals surface area contributed by atoms with Crippen LogP contribution in [0.25, 0.3) is 0 Å². The summed E-state index contributed by atoms with van der Waals surface area (Å²) in [5, 5.41) is 11.5. The van der Waals surface area contributed by atoms with Gasteiger partial charge in [-0.2, -0.15) is 0 Å². The van der Waals surface area contributed by atoms with Gasteiger partial charge in [0.1, 0.15) is 0 Å². The molecule has 1 heterocycles. The molecule has 3 N–H and O–H groups in total. The van der Waals surface area contributed by atoms with Crippen LogP contribution in [0, 0.1) is 11.3 Å². The van der Waals surface area contributed by atoms with Gasteiger partial charge in [-0.25, -0.2) is 5.48 Å². The maximum absolute atomic E-state index is 10.8. The van der Waals surface area contributed by atoms with Crippen molar-refractivity contribution < 1.29 is 10.0 Å². The predicted octanol–water partition coefficient (Wildman–Crippen LogP) is -0.509. The van der Waals surface area contributed by atoms with Crippen molar-refractivity contribution in [2.24, 2.45) is 11.3 Å². The Bertz CT molecular complexity index is 181. The Kier molecular flexibility index (Phi) is 1.40. The molecule has 1 amide bonds. The van der Waals surface area contributed by atoms with Crippen molar-refractivity contribution in [2.75, 3.05) is 13.1 Å². The van der Waals surface area contributed by atoms with Crippen molar-refractivity contribution in [3.8, 4) is 0 Å². The van der Waals surface area contributed by atoms with Crippen molar-refractivity contribution in [3.05, 3.63) is 0 Å². The maximum Gasteiger partial charge on any atom is 0.246 e. The summed E-state index contributed by atoms with van der Waals surface area (Å²) in [4.78, 5) is 10.8. The first kappa shape index (κ1) is 7.06. The summed E-state index contributed by atoms with van der Waals surface area (Å²) in [6.45, 7) is 2.09. The van der Waals surface area contributed by atoms with Gasteiger partial charge in [-0.15, -0.1) is 0 Å². The highest BCUT2D eigenvalue weighted by molar-refractivity contribution is 5.78. The summed E-state index contributed by atoms with van der Waals surface area (Å²) in [6, 6.07) is 0. The average molecular weight is 156 g/mol. The molecular weight excluding hydrogens is 144 g/mol. The van der Waals surface area contributed by atoms with Crippen molar-refractivity contribution in [3.63, 3.8) is 0 Å². The number of hydrogen-bond acceptors (Lipinski definition) is 3.